The van der Waals surface area contributed by atoms with Crippen molar-refractivity contribution in [2.24, 2.45) is 0 Å². The minimum Gasteiger partial charge on any atom is -0.478 e. The molecule has 0 saturated heterocycles. The van der Waals surface area contributed by atoms with E-state index >= 15 is 0 Å². The zero-order valence-electron chi connectivity index (χ0n) is 7.29. The van der Waals surface area contributed by atoms with Gasteiger partial charge in [0.15, 0.2) is 0 Å². The summed E-state index contributed by atoms with van der Waals surface area (Å²) in [6.07, 6.45) is 1.53. The van der Waals surface area contributed by atoms with E-state index in [1.54, 1.807) is 12.1 Å². The van der Waals surface area contributed by atoms with E-state index in [-0.39, 0.29) is 5.56 Å². The van der Waals surface area contributed by atoms with Gasteiger partial charge in [-0.1, -0.05) is 13.0 Å². The van der Waals surface area contributed by atoms with E-state index in [1.165, 1.54) is 0 Å². The molecule has 0 amide bonds. The van der Waals surface area contributed by atoms with Crippen molar-refractivity contribution >= 4 is 11.7 Å². The van der Waals surface area contributed by atoms with Crippen LogP contribution in [-0.4, -0.2) is 11.1 Å². The molecule has 3 heteroatoms. The molecule has 69 valence electrons. The van der Waals surface area contributed by atoms with Gasteiger partial charge in [-0.15, -0.1) is 0 Å². The number of nitrogen functional groups attached to an aromatic ring is 1. The molecule has 0 spiro atoms. The quantitative estimate of drug-likeness (QED) is 0.693. The van der Waals surface area contributed by atoms with Gasteiger partial charge in [0.25, 0.3) is 0 Å². The van der Waals surface area contributed by atoms with Gasteiger partial charge in [-0.05, 0) is 30.5 Å². The standard InChI is InChI=1S/C10H12NO2/c1-2-3-7-4-5-9(11)8(6-7)10(12)13/h4-6H,1-3,11H2,(H,12,13). The second-order valence-electron chi connectivity index (χ2n) is 2.83. The van der Waals surface area contributed by atoms with Crippen LogP contribution in [0, 0.1) is 6.92 Å². The van der Waals surface area contributed by atoms with Crippen LogP contribution >= 0.6 is 0 Å². The summed E-state index contributed by atoms with van der Waals surface area (Å²) in [5.74, 6) is -0.983. The normalized spacial score (nSPS) is 9.92. The van der Waals surface area contributed by atoms with Crippen LogP contribution in [0.15, 0.2) is 18.2 Å². The maximum atomic E-state index is 10.7. The molecule has 1 rings (SSSR count). The maximum absolute atomic E-state index is 10.7. The molecule has 0 aliphatic rings. The van der Waals surface area contributed by atoms with Crippen molar-refractivity contribution < 1.29 is 9.90 Å². The summed E-state index contributed by atoms with van der Waals surface area (Å²) in [6.45, 7) is 3.70. The maximum Gasteiger partial charge on any atom is 0.337 e. The monoisotopic (exact) mass is 178 g/mol. The Morgan fingerprint density at radius 1 is 1.54 bits per heavy atom. The Hall–Kier alpha value is -1.51. The van der Waals surface area contributed by atoms with Crippen LogP contribution in [0.25, 0.3) is 0 Å². The van der Waals surface area contributed by atoms with Crippen molar-refractivity contribution in [1.82, 2.24) is 0 Å². The summed E-state index contributed by atoms with van der Waals surface area (Å²) in [6, 6.07) is 5.05. The highest BCUT2D eigenvalue weighted by Crippen LogP contribution is 2.15. The molecule has 0 bridgehead atoms. The Labute approximate surface area is 77.2 Å². The van der Waals surface area contributed by atoms with Crippen LogP contribution in [0.4, 0.5) is 5.69 Å². The molecule has 3 nitrogen and oxygen atoms in total. The van der Waals surface area contributed by atoms with E-state index in [1.807, 2.05) is 6.07 Å². The number of aryl methyl sites for hydroxylation is 1. The van der Waals surface area contributed by atoms with E-state index in [0.717, 1.165) is 18.4 Å². The average Bonchev–Trinajstić information content (AvgIpc) is 2.08. The average molecular weight is 178 g/mol. The van der Waals surface area contributed by atoms with E-state index in [4.69, 9.17) is 10.8 Å². The van der Waals surface area contributed by atoms with Crippen LogP contribution in [-0.2, 0) is 6.42 Å². The van der Waals surface area contributed by atoms with E-state index in [0.29, 0.717) is 5.69 Å². The zero-order valence-corrected chi connectivity index (χ0v) is 7.29. The summed E-state index contributed by atoms with van der Waals surface area (Å²) in [5, 5.41) is 8.76. The fourth-order valence-corrected chi connectivity index (χ4v) is 1.15. The Kier molecular flexibility index (Phi) is 2.90. The number of rotatable bonds is 3. The van der Waals surface area contributed by atoms with Crippen molar-refractivity contribution in [3.8, 4) is 0 Å². The molecule has 0 fully saturated rings. The van der Waals surface area contributed by atoms with Crippen LogP contribution in [0.2, 0.25) is 0 Å². The summed E-state index contributed by atoms with van der Waals surface area (Å²) in [4.78, 5) is 10.7. The number of hydrogen-bond donors (Lipinski definition) is 2. The van der Waals surface area contributed by atoms with Crippen molar-refractivity contribution in [2.75, 3.05) is 5.73 Å². The number of hydrogen-bond acceptors (Lipinski definition) is 2. The third kappa shape index (κ3) is 2.21. The zero-order chi connectivity index (χ0) is 9.84. The smallest absolute Gasteiger partial charge is 0.337 e. The molecule has 1 aromatic rings. The summed E-state index contributed by atoms with van der Waals surface area (Å²) >= 11 is 0. The van der Waals surface area contributed by atoms with Gasteiger partial charge in [-0.2, -0.15) is 0 Å². The van der Waals surface area contributed by atoms with Crippen LogP contribution in [0.1, 0.15) is 22.3 Å². The summed E-state index contributed by atoms with van der Waals surface area (Å²) in [7, 11) is 0. The Morgan fingerprint density at radius 3 is 2.77 bits per heavy atom. The molecule has 0 heterocycles. The van der Waals surface area contributed by atoms with Crippen LogP contribution in [0.3, 0.4) is 0 Å². The molecular formula is C10H12NO2. The first-order chi connectivity index (χ1) is 6.15. The first kappa shape index (κ1) is 9.58. The van der Waals surface area contributed by atoms with E-state index in [9.17, 15) is 4.79 Å². The molecular weight excluding hydrogens is 166 g/mol. The molecule has 3 N–H and O–H groups in total. The highest BCUT2D eigenvalue weighted by atomic mass is 16.4. The Balaban J connectivity index is 3.04. The van der Waals surface area contributed by atoms with Gasteiger partial charge >= 0.3 is 5.97 Å². The predicted octanol–water partition coefficient (Wildman–Crippen LogP) is 1.73. The number of aromatic carboxylic acids is 1. The van der Waals surface area contributed by atoms with Crippen molar-refractivity contribution in [3.05, 3.63) is 36.2 Å². The minimum absolute atomic E-state index is 0.172. The lowest BCUT2D eigenvalue weighted by Gasteiger charge is -2.03. The largest absolute Gasteiger partial charge is 0.478 e. The number of nitrogens with two attached hydrogens (primary N) is 1. The van der Waals surface area contributed by atoms with Gasteiger partial charge in [0, 0.05) is 5.69 Å². The molecule has 0 aliphatic carbocycles. The number of anilines is 1. The molecule has 0 unspecified atom stereocenters. The SMILES string of the molecule is [CH2]CCc1ccc(N)c(C(=O)O)c1. The second-order valence-corrected chi connectivity index (χ2v) is 2.83. The second kappa shape index (κ2) is 3.94. The van der Waals surface area contributed by atoms with E-state index in [2.05, 4.69) is 6.92 Å². The topological polar surface area (TPSA) is 63.3 Å². The molecule has 0 atom stereocenters. The molecule has 0 aromatic heterocycles. The fourth-order valence-electron chi connectivity index (χ4n) is 1.15. The molecule has 0 saturated carbocycles. The van der Waals surface area contributed by atoms with Gasteiger partial charge in [-0.3, -0.25) is 0 Å². The fraction of sp³-hybridized carbons (Fsp3) is 0.200. The number of benzene rings is 1. The first-order valence-corrected chi connectivity index (χ1v) is 4.06. The van der Waals surface area contributed by atoms with Gasteiger partial charge < -0.3 is 10.8 Å². The third-order valence-corrected chi connectivity index (χ3v) is 1.81. The molecule has 1 aromatic carbocycles. The molecule has 13 heavy (non-hydrogen) atoms. The minimum atomic E-state index is -0.983. The number of carboxylic acid groups (broad SMARTS) is 1. The molecule has 0 aliphatic heterocycles. The molecule has 1 radical (unpaired) electrons. The summed E-state index contributed by atoms with van der Waals surface area (Å²) in [5.41, 5.74) is 6.93. The Morgan fingerprint density at radius 2 is 2.23 bits per heavy atom. The lowest BCUT2D eigenvalue weighted by Crippen LogP contribution is -2.03. The van der Waals surface area contributed by atoms with Gasteiger partial charge in [0.1, 0.15) is 0 Å². The van der Waals surface area contributed by atoms with Crippen molar-refractivity contribution in [3.63, 3.8) is 0 Å². The first-order valence-electron chi connectivity index (χ1n) is 4.06. The van der Waals surface area contributed by atoms with Gasteiger partial charge in [0.2, 0.25) is 0 Å². The van der Waals surface area contributed by atoms with Crippen molar-refractivity contribution in [2.45, 2.75) is 12.8 Å². The third-order valence-electron chi connectivity index (χ3n) is 1.81. The highest BCUT2D eigenvalue weighted by molar-refractivity contribution is 5.93. The number of carbonyl (C=O) groups is 1. The van der Waals surface area contributed by atoms with Gasteiger partial charge in [-0.25, -0.2) is 4.79 Å². The van der Waals surface area contributed by atoms with Crippen LogP contribution < -0.4 is 5.73 Å². The lowest BCUT2D eigenvalue weighted by atomic mass is 10.1. The van der Waals surface area contributed by atoms with Crippen LogP contribution in [0.5, 0.6) is 0 Å². The Bertz CT molecular complexity index is 321. The predicted molar refractivity (Wildman–Crippen MR) is 51.5 cm³/mol. The summed E-state index contributed by atoms with van der Waals surface area (Å²) < 4.78 is 0. The lowest BCUT2D eigenvalue weighted by molar-refractivity contribution is 0.0698. The van der Waals surface area contributed by atoms with Gasteiger partial charge in [0.05, 0.1) is 5.56 Å². The number of carboxylic acids is 1. The highest BCUT2D eigenvalue weighted by Gasteiger charge is 2.07. The van der Waals surface area contributed by atoms with Crippen molar-refractivity contribution in [1.29, 1.82) is 0 Å². The van der Waals surface area contributed by atoms with E-state index < -0.39 is 5.97 Å².